The average Bonchev–Trinajstić information content (AvgIpc) is 2.43. The third-order valence-electron chi connectivity index (χ3n) is 3.79. The van der Waals surface area contributed by atoms with E-state index in [9.17, 15) is 4.79 Å². The predicted octanol–water partition coefficient (Wildman–Crippen LogP) is 1.51. The number of hydrogen-bond acceptors (Lipinski definition) is 4. The van der Waals surface area contributed by atoms with Crippen molar-refractivity contribution in [3.05, 3.63) is 23.8 Å². The summed E-state index contributed by atoms with van der Waals surface area (Å²) < 4.78 is 10.4. The van der Waals surface area contributed by atoms with Gasteiger partial charge in [0.15, 0.2) is 0 Å². The molecule has 0 radical (unpaired) electrons. The van der Waals surface area contributed by atoms with Crippen LogP contribution < -0.4 is 15.2 Å². The summed E-state index contributed by atoms with van der Waals surface area (Å²) in [4.78, 5) is 14.2. The lowest BCUT2D eigenvalue weighted by molar-refractivity contribution is 0.0731. The van der Waals surface area contributed by atoms with Crippen LogP contribution in [0.2, 0.25) is 0 Å². The summed E-state index contributed by atoms with van der Waals surface area (Å²) in [7, 11) is 4.95. The highest BCUT2D eigenvalue weighted by Crippen LogP contribution is 2.28. The molecule has 1 aliphatic carbocycles. The van der Waals surface area contributed by atoms with E-state index in [0.717, 1.165) is 19.4 Å². The normalized spacial score (nSPS) is 21.0. The molecule has 110 valence electrons. The van der Waals surface area contributed by atoms with Gasteiger partial charge in [0.2, 0.25) is 0 Å². The van der Waals surface area contributed by atoms with Crippen LogP contribution in [0.1, 0.15) is 23.2 Å². The molecule has 1 saturated carbocycles. The van der Waals surface area contributed by atoms with Crippen molar-refractivity contribution in [1.29, 1.82) is 0 Å². The third-order valence-corrected chi connectivity index (χ3v) is 3.79. The molecule has 1 aliphatic rings. The van der Waals surface area contributed by atoms with Gasteiger partial charge in [0.25, 0.3) is 5.91 Å². The lowest BCUT2D eigenvalue weighted by Crippen LogP contribution is -2.43. The maximum atomic E-state index is 12.5. The van der Waals surface area contributed by atoms with E-state index in [4.69, 9.17) is 15.2 Å². The van der Waals surface area contributed by atoms with Gasteiger partial charge in [-0.25, -0.2) is 0 Å². The first-order chi connectivity index (χ1) is 9.55. The molecule has 0 unspecified atom stereocenters. The quantitative estimate of drug-likeness (QED) is 0.886. The van der Waals surface area contributed by atoms with Gasteiger partial charge in [0.05, 0.1) is 19.8 Å². The summed E-state index contributed by atoms with van der Waals surface area (Å²) in [6.45, 7) is 0.738. The van der Waals surface area contributed by atoms with E-state index < -0.39 is 0 Å². The summed E-state index contributed by atoms with van der Waals surface area (Å²) >= 11 is 0. The van der Waals surface area contributed by atoms with Crippen molar-refractivity contribution in [2.24, 2.45) is 11.7 Å². The smallest absolute Gasteiger partial charge is 0.257 e. The molecular weight excluding hydrogens is 256 g/mol. The molecule has 5 heteroatoms. The zero-order chi connectivity index (χ0) is 14.7. The molecule has 0 aliphatic heterocycles. The molecule has 2 rings (SSSR count). The number of nitrogens with zero attached hydrogens (tertiary/aromatic N) is 1. The first kappa shape index (κ1) is 14.7. The number of methoxy groups -OCH3 is 2. The average molecular weight is 278 g/mol. The van der Waals surface area contributed by atoms with Gasteiger partial charge in [-0.3, -0.25) is 4.79 Å². The summed E-state index contributed by atoms with van der Waals surface area (Å²) in [5, 5.41) is 0. The minimum absolute atomic E-state index is 0.0371. The number of rotatable bonds is 5. The van der Waals surface area contributed by atoms with Gasteiger partial charge in [-0.1, -0.05) is 0 Å². The number of benzene rings is 1. The Morgan fingerprint density at radius 3 is 2.60 bits per heavy atom. The molecule has 5 nitrogen and oxygen atoms in total. The van der Waals surface area contributed by atoms with Crippen molar-refractivity contribution in [2.45, 2.75) is 18.9 Å². The van der Waals surface area contributed by atoms with Crippen LogP contribution in [0.3, 0.4) is 0 Å². The molecule has 20 heavy (non-hydrogen) atoms. The summed E-state index contributed by atoms with van der Waals surface area (Å²) in [5.74, 6) is 1.69. The minimum Gasteiger partial charge on any atom is -0.497 e. The molecule has 1 fully saturated rings. The monoisotopic (exact) mass is 278 g/mol. The molecule has 0 spiro atoms. The Kier molecular flexibility index (Phi) is 4.49. The Morgan fingerprint density at radius 1 is 1.35 bits per heavy atom. The fourth-order valence-corrected chi connectivity index (χ4v) is 2.59. The van der Waals surface area contributed by atoms with Crippen LogP contribution in [0.15, 0.2) is 18.2 Å². The molecule has 0 atom stereocenters. The van der Waals surface area contributed by atoms with Gasteiger partial charge < -0.3 is 20.1 Å². The highest BCUT2D eigenvalue weighted by molar-refractivity contribution is 5.97. The Morgan fingerprint density at radius 2 is 2.05 bits per heavy atom. The van der Waals surface area contributed by atoms with E-state index in [1.54, 1.807) is 37.3 Å². The molecule has 0 heterocycles. The van der Waals surface area contributed by atoms with Crippen LogP contribution >= 0.6 is 0 Å². The number of amides is 1. The molecule has 0 aromatic heterocycles. The van der Waals surface area contributed by atoms with Crippen molar-refractivity contribution < 1.29 is 14.3 Å². The number of hydrogen-bond donors (Lipinski definition) is 1. The fourth-order valence-electron chi connectivity index (χ4n) is 2.59. The third kappa shape index (κ3) is 3.04. The Labute approximate surface area is 119 Å². The second-order valence-corrected chi connectivity index (χ2v) is 5.35. The Balaban J connectivity index is 2.07. The highest BCUT2D eigenvalue weighted by atomic mass is 16.5. The SMILES string of the molecule is COc1ccc(C(=O)N(C)CC2CC(N)C2)c(OC)c1. The minimum atomic E-state index is -0.0371. The van der Waals surface area contributed by atoms with Gasteiger partial charge in [-0.2, -0.15) is 0 Å². The Hall–Kier alpha value is -1.75. The van der Waals surface area contributed by atoms with Gasteiger partial charge in [-0.05, 0) is 30.9 Å². The van der Waals surface area contributed by atoms with E-state index >= 15 is 0 Å². The zero-order valence-corrected chi connectivity index (χ0v) is 12.3. The van der Waals surface area contributed by atoms with Crippen molar-refractivity contribution >= 4 is 5.91 Å². The van der Waals surface area contributed by atoms with Gasteiger partial charge >= 0.3 is 0 Å². The van der Waals surface area contributed by atoms with Gasteiger partial charge in [0.1, 0.15) is 11.5 Å². The van der Waals surface area contributed by atoms with Crippen LogP contribution in [-0.2, 0) is 0 Å². The van der Waals surface area contributed by atoms with Crippen LogP contribution in [-0.4, -0.2) is 44.7 Å². The zero-order valence-electron chi connectivity index (χ0n) is 12.3. The second-order valence-electron chi connectivity index (χ2n) is 5.35. The topological polar surface area (TPSA) is 64.8 Å². The lowest BCUT2D eigenvalue weighted by atomic mass is 9.80. The van der Waals surface area contributed by atoms with Crippen LogP contribution in [0.25, 0.3) is 0 Å². The molecule has 0 saturated heterocycles. The summed E-state index contributed by atoms with van der Waals surface area (Å²) in [6.07, 6.45) is 1.99. The largest absolute Gasteiger partial charge is 0.497 e. The highest BCUT2D eigenvalue weighted by Gasteiger charge is 2.28. The van der Waals surface area contributed by atoms with Gasteiger partial charge in [0, 0.05) is 25.7 Å². The maximum absolute atomic E-state index is 12.5. The molecule has 1 aromatic carbocycles. The first-order valence-corrected chi connectivity index (χ1v) is 6.78. The summed E-state index contributed by atoms with van der Waals surface area (Å²) in [5.41, 5.74) is 6.33. The van der Waals surface area contributed by atoms with Gasteiger partial charge in [-0.15, -0.1) is 0 Å². The van der Waals surface area contributed by atoms with Crippen molar-refractivity contribution in [1.82, 2.24) is 4.90 Å². The molecule has 1 aromatic rings. The molecular formula is C15H22N2O3. The lowest BCUT2D eigenvalue weighted by Gasteiger charge is -2.35. The summed E-state index contributed by atoms with van der Waals surface area (Å²) in [6, 6.07) is 5.53. The van der Waals surface area contributed by atoms with Crippen LogP contribution in [0.4, 0.5) is 0 Å². The molecule has 0 bridgehead atoms. The standard InChI is InChI=1S/C15H22N2O3/c1-17(9-10-6-11(16)7-10)15(18)13-5-4-12(19-2)8-14(13)20-3/h4-5,8,10-11H,6-7,9,16H2,1-3H3. The number of carbonyl (C=O) groups is 1. The van der Waals surface area contributed by atoms with Crippen molar-refractivity contribution in [3.63, 3.8) is 0 Å². The van der Waals surface area contributed by atoms with E-state index in [-0.39, 0.29) is 5.91 Å². The first-order valence-electron chi connectivity index (χ1n) is 6.78. The van der Waals surface area contributed by atoms with Crippen LogP contribution in [0, 0.1) is 5.92 Å². The van der Waals surface area contributed by atoms with E-state index in [0.29, 0.717) is 29.0 Å². The van der Waals surface area contributed by atoms with E-state index in [1.165, 1.54) is 0 Å². The predicted molar refractivity (Wildman–Crippen MR) is 77.2 cm³/mol. The molecule has 1 amide bonds. The fraction of sp³-hybridized carbons (Fsp3) is 0.533. The van der Waals surface area contributed by atoms with Crippen molar-refractivity contribution in [3.8, 4) is 11.5 Å². The number of carbonyl (C=O) groups excluding carboxylic acids is 1. The van der Waals surface area contributed by atoms with E-state index in [2.05, 4.69) is 0 Å². The second kappa shape index (κ2) is 6.13. The van der Waals surface area contributed by atoms with Crippen molar-refractivity contribution in [2.75, 3.05) is 27.8 Å². The molecule has 2 N–H and O–H groups in total. The maximum Gasteiger partial charge on any atom is 0.257 e. The number of ether oxygens (including phenoxy) is 2. The Bertz CT molecular complexity index is 484. The van der Waals surface area contributed by atoms with E-state index in [1.807, 2.05) is 7.05 Å². The van der Waals surface area contributed by atoms with Crippen LogP contribution in [0.5, 0.6) is 11.5 Å². The number of nitrogens with two attached hydrogens (primary N) is 1.